The monoisotopic (exact) mass is 218 g/mol. The van der Waals surface area contributed by atoms with Crippen molar-refractivity contribution in [2.24, 2.45) is 5.92 Å². The van der Waals surface area contributed by atoms with Crippen molar-refractivity contribution in [3.05, 3.63) is 35.9 Å². The van der Waals surface area contributed by atoms with Crippen molar-refractivity contribution >= 4 is 17.3 Å². The molecule has 1 aliphatic rings. The van der Waals surface area contributed by atoms with E-state index >= 15 is 0 Å². The van der Waals surface area contributed by atoms with Crippen LogP contribution in [-0.4, -0.2) is 30.6 Å². The van der Waals surface area contributed by atoms with Gasteiger partial charge in [0.05, 0.1) is 0 Å². The Bertz CT molecular complexity index is 420. The third-order valence-corrected chi connectivity index (χ3v) is 2.45. The van der Waals surface area contributed by atoms with E-state index in [1.807, 2.05) is 0 Å². The Kier molecular flexibility index (Phi) is 2.92. The van der Waals surface area contributed by atoms with Crippen LogP contribution in [0.5, 0.6) is 0 Å². The van der Waals surface area contributed by atoms with Crippen molar-refractivity contribution in [3.63, 3.8) is 0 Å². The van der Waals surface area contributed by atoms with Gasteiger partial charge >= 0.3 is 0 Å². The summed E-state index contributed by atoms with van der Waals surface area (Å²) in [6, 6.07) is 8.35. The van der Waals surface area contributed by atoms with Gasteiger partial charge in [0.15, 0.2) is 17.3 Å². The maximum Gasteiger partial charge on any atom is 0.180 e. The normalized spacial score (nSPS) is 17.5. The second kappa shape index (κ2) is 4.37. The second-order valence-corrected chi connectivity index (χ2v) is 3.59. The van der Waals surface area contributed by atoms with Gasteiger partial charge in [0, 0.05) is 5.56 Å². The Balaban J connectivity index is 2.27. The smallest absolute Gasteiger partial charge is 0.180 e. The summed E-state index contributed by atoms with van der Waals surface area (Å²) in [6.45, 7) is -0.316. The average molecular weight is 218 g/mol. The summed E-state index contributed by atoms with van der Waals surface area (Å²) in [5.41, 5.74) is 0.385. The molecular formula is C12H10O4. The van der Waals surface area contributed by atoms with Crippen LogP contribution in [-0.2, 0) is 14.3 Å². The van der Waals surface area contributed by atoms with E-state index < -0.39 is 23.3 Å². The fourth-order valence-electron chi connectivity index (χ4n) is 1.66. The third kappa shape index (κ3) is 1.92. The summed E-state index contributed by atoms with van der Waals surface area (Å²) in [6.07, 6.45) is 0. The van der Waals surface area contributed by atoms with Crippen LogP contribution >= 0.6 is 0 Å². The van der Waals surface area contributed by atoms with E-state index in [9.17, 15) is 14.4 Å². The van der Waals surface area contributed by atoms with Gasteiger partial charge in [-0.15, -0.1) is 0 Å². The molecule has 0 atom stereocenters. The molecule has 1 fully saturated rings. The van der Waals surface area contributed by atoms with E-state index in [1.54, 1.807) is 30.3 Å². The molecule has 0 radical (unpaired) electrons. The summed E-state index contributed by atoms with van der Waals surface area (Å²) >= 11 is 0. The van der Waals surface area contributed by atoms with E-state index in [0.717, 1.165) is 0 Å². The zero-order valence-electron chi connectivity index (χ0n) is 8.51. The fraction of sp³-hybridized carbons (Fsp3) is 0.250. The van der Waals surface area contributed by atoms with Gasteiger partial charge < -0.3 is 4.74 Å². The zero-order chi connectivity index (χ0) is 11.5. The Morgan fingerprint density at radius 1 is 1.06 bits per heavy atom. The average Bonchev–Trinajstić information content (AvgIpc) is 2.30. The van der Waals surface area contributed by atoms with Crippen LogP contribution in [0.3, 0.4) is 0 Å². The molecule has 0 aromatic heterocycles. The van der Waals surface area contributed by atoms with Crippen LogP contribution in [0.1, 0.15) is 10.4 Å². The molecule has 1 saturated heterocycles. The van der Waals surface area contributed by atoms with Gasteiger partial charge in [-0.3, -0.25) is 14.4 Å². The molecule has 16 heavy (non-hydrogen) atoms. The number of benzene rings is 1. The van der Waals surface area contributed by atoms with Gasteiger partial charge in [-0.1, -0.05) is 30.3 Å². The summed E-state index contributed by atoms with van der Waals surface area (Å²) in [5, 5.41) is 0. The van der Waals surface area contributed by atoms with Crippen LogP contribution in [0.4, 0.5) is 0 Å². The maximum absolute atomic E-state index is 11.9. The van der Waals surface area contributed by atoms with Crippen molar-refractivity contribution in [2.75, 3.05) is 13.2 Å². The molecule has 1 heterocycles. The molecule has 2 rings (SSSR count). The van der Waals surface area contributed by atoms with Crippen LogP contribution in [0.2, 0.25) is 0 Å². The summed E-state index contributed by atoms with van der Waals surface area (Å²) in [5.74, 6) is -2.51. The molecule has 0 N–H and O–H groups in total. The molecule has 0 aliphatic carbocycles. The number of carbonyl (C=O) groups excluding carboxylic acids is 3. The van der Waals surface area contributed by atoms with Gasteiger partial charge in [-0.25, -0.2) is 0 Å². The zero-order valence-corrected chi connectivity index (χ0v) is 8.51. The Labute approximate surface area is 92.2 Å². The molecule has 0 bridgehead atoms. The predicted molar refractivity (Wildman–Crippen MR) is 55.1 cm³/mol. The quantitative estimate of drug-likeness (QED) is 0.540. The molecule has 1 aromatic carbocycles. The highest BCUT2D eigenvalue weighted by molar-refractivity contribution is 6.25. The van der Waals surface area contributed by atoms with Crippen molar-refractivity contribution in [3.8, 4) is 0 Å². The topological polar surface area (TPSA) is 60.4 Å². The van der Waals surface area contributed by atoms with E-state index in [1.165, 1.54) is 0 Å². The molecular weight excluding hydrogens is 208 g/mol. The number of hydrogen-bond acceptors (Lipinski definition) is 4. The highest BCUT2D eigenvalue weighted by Gasteiger charge is 2.37. The lowest BCUT2D eigenvalue weighted by Crippen LogP contribution is -2.41. The van der Waals surface area contributed by atoms with Gasteiger partial charge in [0.2, 0.25) is 0 Å². The van der Waals surface area contributed by atoms with E-state index in [4.69, 9.17) is 4.74 Å². The van der Waals surface area contributed by atoms with Crippen molar-refractivity contribution < 1.29 is 19.1 Å². The molecule has 4 heteroatoms. The summed E-state index contributed by atoms with van der Waals surface area (Å²) < 4.78 is 4.76. The van der Waals surface area contributed by atoms with Crippen LogP contribution in [0.25, 0.3) is 0 Å². The molecule has 0 saturated carbocycles. The minimum atomic E-state index is -1.17. The predicted octanol–water partition coefficient (Wildman–Crippen LogP) is 0.654. The van der Waals surface area contributed by atoms with Gasteiger partial charge in [0.25, 0.3) is 0 Å². The Hall–Kier alpha value is -1.81. The summed E-state index contributed by atoms with van der Waals surface area (Å²) in [4.78, 5) is 34.8. The molecule has 1 aliphatic heterocycles. The minimum Gasteiger partial charge on any atom is -0.366 e. The maximum atomic E-state index is 11.9. The number of ketones is 3. The standard InChI is InChI=1S/C12H10O4/c13-9-6-16-7-10(14)11(9)12(15)8-4-2-1-3-5-8/h1-5,11H,6-7H2. The molecule has 82 valence electrons. The van der Waals surface area contributed by atoms with E-state index in [-0.39, 0.29) is 13.2 Å². The van der Waals surface area contributed by atoms with Crippen LogP contribution < -0.4 is 0 Å². The third-order valence-electron chi connectivity index (χ3n) is 2.45. The number of rotatable bonds is 2. The lowest BCUT2D eigenvalue weighted by atomic mass is 9.89. The first kappa shape index (κ1) is 10.7. The van der Waals surface area contributed by atoms with Crippen molar-refractivity contribution in [2.45, 2.75) is 0 Å². The van der Waals surface area contributed by atoms with E-state index in [0.29, 0.717) is 5.56 Å². The number of carbonyl (C=O) groups is 3. The summed E-state index contributed by atoms with van der Waals surface area (Å²) in [7, 11) is 0. The number of Topliss-reactive ketones (excluding diaryl/α,β-unsaturated/α-hetero) is 3. The van der Waals surface area contributed by atoms with Crippen LogP contribution in [0.15, 0.2) is 30.3 Å². The van der Waals surface area contributed by atoms with Gasteiger partial charge in [0.1, 0.15) is 19.1 Å². The Morgan fingerprint density at radius 2 is 1.62 bits per heavy atom. The molecule has 1 aromatic rings. The highest BCUT2D eigenvalue weighted by Crippen LogP contribution is 2.15. The van der Waals surface area contributed by atoms with Crippen molar-refractivity contribution in [1.82, 2.24) is 0 Å². The SMILES string of the molecule is O=C1COCC(=O)C1C(=O)c1ccccc1. The largest absolute Gasteiger partial charge is 0.366 e. The number of hydrogen-bond donors (Lipinski definition) is 0. The van der Waals surface area contributed by atoms with E-state index in [2.05, 4.69) is 0 Å². The second-order valence-electron chi connectivity index (χ2n) is 3.59. The first-order valence-electron chi connectivity index (χ1n) is 4.92. The minimum absolute atomic E-state index is 0.158. The molecule has 0 amide bonds. The van der Waals surface area contributed by atoms with Gasteiger partial charge in [-0.05, 0) is 0 Å². The number of ether oxygens (including phenoxy) is 1. The first-order chi connectivity index (χ1) is 7.70. The fourth-order valence-corrected chi connectivity index (χ4v) is 1.66. The Morgan fingerprint density at radius 3 is 2.19 bits per heavy atom. The lowest BCUT2D eigenvalue weighted by molar-refractivity contribution is -0.142. The van der Waals surface area contributed by atoms with Crippen LogP contribution in [0, 0.1) is 5.92 Å². The lowest BCUT2D eigenvalue weighted by Gasteiger charge is -2.18. The first-order valence-corrected chi connectivity index (χ1v) is 4.92. The molecule has 4 nitrogen and oxygen atoms in total. The van der Waals surface area contributed by atoms with Gasteiger partial charge in [-0.2, -0.15) is 0 Å². The van der Waals surface area contributed by atoms with Crippen molar-refractivity contribution in [1.29, 1.82) is 0 Å². The molecule has 0 unspecified atom stereocenters. The molecule has 0 spiro atoms. The highest BCUT2D eigenvalue weighted by atomic mass is 16.5.